The van der Waals surface area contributed by atoms with Gasteiger partial charge >= 0.3 is 12.4 Å². The summed E-state index contributed by atoms with van der Waals surface area (Å²) in [4.78, 5) is 16.9. The third-order valence-electron chi connectivity index (χ3n) is 3.56. The van der Waals surface area contributed by atoms with E-state index in [-0.39, 0.29) is 22.9 Å². The minimum atomic E-state index is -4.53. The molecule has 1 aromatic carbocycles. The number of rotatable bonds is 5. The van der Waals surface area contributed by atoms with Crippen LogP contribution in [0.5, 0.6) is 0 Å². The van der Waals surface area contributed by atoms with Crippen LogP contribution in [0.4, 0.5) is 26.3 Å². The number of carbonyl (C=O) groups is 1. The van der Waals surface area contributed by atoms with Gasteiger partial charge in [-0.15, -0.1) is 0 Å². The number of hydrogen-bond acceptors (Lipinski definition) is 3. The predicted molar refractivity (Wildman–Crippen MR) is 87.9 cm³/mol. The fourth-order valence-corrected chi connectivity index (χ4v) is 2.94. The molecule has 0 N–H and O–H groups in total. The van der Waals surface area contributed by atoms with Gasteiger partial charge in [-0.3, -0.25) is 4.79 Å². The summed E-state index contributed by atoms with van der Waals surface area (Å²) in [5.41, 5.74) is -1.76. The van der Waals surface area contributed by atoms with E-state index in [4.69, 9.17) is 0 Å². The fraction of sp³-hybridized carbons (Fsp3) is 0.294. The first-order valence-electron chi connectivity index (χ1n) is 7.53. The number of aromatic nitrogens is 1. The van der Waals surface area contributed by atoms with Crippen molar-refractivity contribution in [2.45, 2.75) is 23.9 Å². The minimum Gasteiger partial charge on any atom is -0.341 e. The van der Waals surface area contributed by atoms with E-state index < -0.39 is 29.4 Å². The normalized spacial score (nSPS) is 12.1. The molecule has 0 aliphatic carbocycles. The predicted octanol–water partition coefficient (Wildman–Crippen LogP) is 4.87. The first-order valence-corrected chi connectivity index (χ1v) is 8.52. The van der Waals surface area contributed by atoms with Gasteiger partial charge in [0.1, 0.15) is 0 Å². The van der Waals surface area contributed by atoms with Gasteiger partial charge < -0.3 is 4.90 Å². The summed E-state index contributed by atoms with van der Waals surface area (Å²) in [6, 6.07) is 6.93. The molecular formula is C17H14F6N2OS. The van der Waals surface area contributed by atoms with Gasteiger partial charge in [0, 0.05) is 19.8 Å². The molecule has 0 bridgehead atoms. The minimum absolute atomic E-state index is 0.0431. The van der Waals surface area contributed by atoms with Crippen molar-refractivity contribution in [2.75, 3.05) is 12.8 Å². The highest BCUT2D eigenvalue weighted by atomic mass is 32.2. The van der Waals surface area contributed by atoms with Crippen LogP contribution in [0, 0.1) is 0 Å². The molecule has 0 aliphatic heterocycles. The Kier molecular flexibility index (Phi) is 6.40. The third-order valence-corrected chi connectivity index (χ3v) is 4.49. The van der Waals surface area contributed by atoms with Crippen LogP contribution in [0.3, 0.4) is 0 Å². The average molecular weight is 408 g/mol. The van der Waals surface area contributed by atoms with Gasteiger partial charge in [0.15, 0.2) is 0 Å². The molecule has 27 heavy (non-hydrogen) atoms. The van der Waals surface area contributed by atoms with Gasteiger partial charge in [0.05, 0.1) is 21.9 Å². The SMILES string of the molecule is CN(Cc1ccccc1C(F)(F)F)C(=O)CSc1ccc(C(F)(F)F)cn1. The van der Waals surface area contributed by atoms with Crippen molar-refractivity contribution in [3.8, 4) is 0 Å². The van der Waals surface area contributed by atoms with Crippen molar-refractivity contribution in [1.29, 1.82) is 0 Å². The molecule has 0 radical (unpaired) electrons. The summed E-state index contributed by atoms with van der Waals surface area (Å²) < 4.78 is 76.4. The second-order valence-corrected chi connectivity index (χ2v) is 6.57. The molecule has 0 atom stereocenters. The Bertz CT molecular complexity index is 789. The number of halogens is 6. The molecule has 1 aromatic heterocycles. The summed E-state index contributed by atoms with van der Waals surface area (Å²) in [6.07, 6.45) is -8.37. The molecule has 10 heteroatoms. The van der Waals surface area contributed by atoms with Crippen molar-refractivity contribution in [1.82, 2.24) is 9.88 Å². The van der Waals surface area contributed by atoms with Crippen LogP contribution < -0.4 is 0 Å². The smallest absolute Gasteiger partial charge is 0.341 e. The maximum absolute atomic E-state index is 13.0. The Hall–Kier alpha value is -2.23. The molecule has 1 amide bonds. The van der Waals surface area contributed by atoms with Gasteiger partial charge in [-0.25, -0.2) is 4.98 Å². The van der Waals surface area contributed by atoms with Gasteiger partial charge in [-0.05, 0) is 23.8 Å². The van der Waals surface area contributed by atoms with E-state index in [0.29, 0.717) is 6.20 Å². The lowest BCUT2D eigenvalue weighted by molar-refractivity contribution is -0.139. The lowest BCUT2D eigenvalue weighted by atomic mass is 10.1. The molecule has 0 fully saturated rings. The highest BCUT2D eigenvalue weighted by Crippen LogP contribution is 2.32. The standard InChI is InChI=1S/C17H14F6N2OS/c1-25(9-11-4-2-3-5-13(11)17(21,22)23)15(26)10-27-14-7-6-12(8-24-14)16(18,19)20/h2-8H,9-10H2,1H3. The zero-order chi connectivity index (χ0) is 20.2. The lowest BCUT2D eigenvalue weighted by Gasteiger charge is -2.20. The fourth-order valence-electron chi connectivity index (χ4n) is 2.16. The molecule has 0 spiro atoms. The van der Waals surface area contributed by atoms with Crippen molar-refractivity contribution in [2.24, 2.45) is 0 Å². The van der Waals surface area contributed by atoms with E-state index in [0.717, 1.165) is 34.9 Å². The van der Waals surface area contributed by atoms with Gasteiger partial charge in [-0.2, -0.15) is 26.3 Å². The highest BCUT2D eigenvalue weighted by Gasteiger charge is 2.33. The van der Waals surface area contributed by atoms with Crippen LogP contribution in [-0.2, 0) is 23.7 Å². The maximum atomic E-state index is 13.0. The van der Waals surface area contributed by atoms with E-state index >= 15 is 0 Å². The Labute approximate surface area is 155 Å². The van der Waals surface area contributed by atoms with Gasteiger partial charge in [0.2, 0.25) is 5.91 Å². The van der Waals surface area contributed by atoms with E-state index in [1.165, 1.54) is 25.2 Å². The Balaban J connectivity index is 1.97. The summed E-state index contributed by atoms with van der Waals surface area (Å²) in [6.45, 7) is -0.241. The molecule has 1 heterocycles. The molecule has 0 unspecified atom stereocenters. The molecule has 2 rings (SSSR count). The number of alkyl halides is 6. The van der Waals surface area contributed by atoms with Crippen LogP contribution in [0.2, 0.25) is 0 Å². The molecule has 0 saturated heterocycles. The summed E-state index contributed by atoms with van der Waals surface area (Å²) in [7, 11) is 1.36. The average Bonchev–Trinajstić information content (AvgIpc) is 2.58. The number of amides is 1. The lowest BCUT2D eigenvalue weighted by Crippen LogP contribution is -2.29. The largest absolute Gasteiger partial charge is 0.417 e. The third kappa shape index (κ3) is 5.88. The van der Waals surface area contributed by atoms with Crippen LogP contribution in [0.1, 0.15) is 16.7 Å². The van der Waals surface area contributed by atoms with E-state index in [1.807, 2.05) is 0 Å². The van der Waals surface area contributed by atoms with Crippen LogP contribution >= 0.6 is 11.8 Å². The molecular weight excluding hydrogens is 394 g/mol. The van der Waals surface area contributed by atoms with Crippen LogP contribution in [0.15, 0.2) is 47.6 Å². The molecule has 0 saturated carbocycles. The number of pyridine rings is 1. The Morgan fingerprint density at radius 3 is 2.26 bits per heavy atom. The summed E-state index contributed by atoms with van der Waals surface area (Å²) in [5.74, 6) is -0.637. The Morgan fingerprint density at radius 2 is 1.70 bits per heavy atom. The zero-order valence-corrected chi connectivity index (χ0v) is 14.8. The van der Waals surface area contributed by atoms with Crippen molar-refractivity contribution >= 4 is 17.7 Å². The van der Waals surface area contributed by atoms with Crippen LogP contribution in [-0.4, -0.2) is 28.6 Å². The monoisotopic (exact) mass is 408 g/mol. The number of carbonyl (C=O) groups excluding carboxylic acids is 1. The quantitative estimate of drug-likeness (QED) is 0.523. The van der Waals surface area contributed by atoms with Crippen molar-refractivity contribution < 1.29 is 31.1 Å². The van der Waals surface area contributed by atoms with Crippen molar-refractivity contribution in [3.63, 3.8) is 0 Å². The van der Waals surface area contributed by atoms with Gasteiger partial charge in [0.25, 0.3) is 0 Å². The topological polar surface area (TPSA) is 33.2 Å². The Morgan fingerprint density at radius 1 is 1.04 bits per heavy atom. The summed E-state index contributed by atoms with van der Waals surface area (Å²) in [5, 5.41) is 0.209. The maximum Gasteiger partial charge on any atom is 0.417 e. The molecule has 146 valence electrons. The molecule has 3 nitrogen and oxygen atoms in total. The van der Waals surface area contributed by atoms with E-state index in [1.54, 1.807) is 0 Å². The van der Waals surface area contributed by atoms with E-state index in [2.05, 4.69) is 4.98 Å². The number of benzene rings is 1. The van der Waals surface area contributed by atoms with E-state index in [9.17, 15) is 31.1 Å². The molecule has 0 aliphatic rings. The highest BCUT2D eigenvalue weighted by molar-refractivity contribution is 7.99. The number of hydrogen-bond donors (Lipinski definition) is 0. The number of thioether (sulfide) groups is 1. The summed E-state index contributed by atoms with van der Waals surface area (Å²) >= 11 is 0.905. The second kappa shape index (κ2) is 8.20. The zero-order valence-electron chi connectivity index (χ0n) is 13.9. The molecule has 2 aromatic rings. The first-order chi connectivity index (χ1) is 12.5. The van der Waals surface area contributed by atoms with Crippen LogP contribution in [0.25, 0.3) is 0 Å². The first kappa shape index (κ1) is 21.1. The second-order valence-electron chi connectivity index (χ2n) is 5.58. The number of nitrogens with zero attached hydrogens (tertiary/aromatic N) is 2. The van der Waals surface area contributed by atoms with Gasteiger partial charge in [-0.1, -0.05) is 30.0 Å². The van der Waals surface area contributed by atoms with Crippen molar-refractivity contribution in [3.05, 3.63) is 59.3 Å².